The molecule has 0 atom stereocenters. The van der Waals surface area contributed by atoms with Gasteiger partial charge in [0.25, 0.3) is 0 Å². The van der Waals surface area contributed by atoms with Crippen LogP contribution in [0, 0.1) is 36.5 Å². The molecule has 2 N–H and O–H groups in total. The SMILES string of the molecule is Cc1ccc(NC(=O)Nc2ccc(C)c(Oc3ccc(C#N)c4ccccc34)c2)cc1Oc1ccc(C#N)c2ccccc12. The number of anilines is 2. The number of fused-ring (bicyclic) bond motifs is 2. The fraction of sp³-hybridized carbons (Fsp3) is 0.0541. The summed E-state index contributed by atoms with van der Waals surface area (Å²) < 4.78 is 12.6. The third kappa shape index (κ3) is 5.59. The Morgan fingerprint density at radius 2 is 0.955 bits per heavy atom. The Hall–Kier alpha value is -6.31. The molecule has 6 aromatic carbocycles. The van der Waals surface area contributed by atoms with E-state index in [2.05, 4.69) is 22.8 Å². The second kappa shape index (κ2) is 11.9. The summed E-state index contributed by atoms with van der Waals surface area (Å²) in [4.78, 5) is 13.0. The maximum absolute atomic E-state index is 13.0. The predicted octanol–water partition coefficient (Wildman–Crippen LogP) is 9.58. The average molecular weight is 575 g/mol. The van der Waals surface area contributed by atoms with E-state index in [4.69, 9.17) is 9.47 Å². The standard InChI is InChI=1S/C37H26N4O3/c1-23-11-15-27(19-35(23)43-33-17-13-25(21-38)29-7-3-5-9-31(29)33)40-37(42)41-28-16-12-24(2)36(20-28)44-34-18-14-26(22-39)30-8-4-6-10-32(30)34/h3-20H,1-2H3,(H2,40,41,42). The van der Waals surface area contributed by atoms with Crippen LogP contribution in [-0.2, 0) is 0 Å². The number of carbonyl (C=O) groups excluding carboxylic acids is 1. The molecule has 44 heavy (non-hydrogen) atoms. The lowest BCUT2D eigenvalue weighted by Gasteiger charge is -2.15. The number of amides is 2. The van der Waals surface area contributed by atoms with Crippen molar-refractivity contribution in [1.29, 1.82) is 10.5 Å². The highest BCUT2D eigenvalue weighted by Gasteiger charge is 2.13. The number of benzene rings is 6. The molecule has 0 saturated carbocycles. The first-order valence-electron chi connectivity index (χ1n) is 13.9. The van der Waals surface area contributed by atoms with Crippen LogP contribution in [0.1, 0.15) is 22.3 Å². The topological polar surface area (TPSA) is 107 Å². The van der Waals surface area contributed by atoms with Crippen LogP contribution in [0.5, 0.6) is 23.0 Å². The van der Waals surface area contributed by atoms with Gasteiger partial charge in [0.2, 0.25) is 0 Å². The molecule has 0 spiro atoms. The first kappa shape index (κ1) is 27.8. The molecule has 0 aliphatic rings. The van der Waals surface area contributed by atoms with Gasteiger partial charge in [-0.05, 0) is 61.4 Å². The number of nitriles is 2. The molecule has 0 unspecified atom stereocenters. The van der Waals surface area contributed by atoms with E-state index in [0.717, 1.165) is 32.7 Å². The van der Waals surface area contributed by atoms with Gasteiger partial charge in [-0.1, -0.05) is 60.7 Å². The lowest BCUT2D eigenvalue weighted by Crippen LogP contribution is -2.19. The lowest BCUT2D eigenvalue weighted by molar-refractivity contribution is 0.262. The molecule has 0 aliphatic heterocycles. The van der Waals surface area contributed by atoms with Gasteiger partial charge in [-0.25, -0.2) is 4.79 Å². The van der Waals surface area contributed by atoms with Gasteiger partial charge >= 0.3 is 6.03 Å². The van der Waals surface area contributed by atoms with Crippen molar-refractivity contribution in [3.8, 4) is 35.1 Å². The summed E-state index contributed by atoms with van der Waals surface area (Å²) in [6.45, 7) is 3.85. The summed E-state index contributed by atoms with van der Waals surface area (Å²) in [5, 5.41) is 28.0. The van der Waals surface area contributed by atoms with Crippen LogP contribution in [0.3, 0.4) is 0 Å². The quantitative estimate of drug-likeness (QED) is 0.206. The van der Waals surface area contributed by atoms with E-state index < -0.39 is 6.03 Å². The second-order valence-corrected chi connectivity index (χ2v) is 10.3. The van der Waals surface area contributed by atoms with E-state index in [1.54, 1.807) is 48.5 Å². The van der Waals surface area contributed by atoms with Crippen LogP contribution < -0.4 is 20.1 Å². The predicted molar refractivity (Wildman–Crippen MR) is 172 cm³/mol. The third-order valence-electron chi connectivity index (χ3n) is 7.34. The first-order chi connectivity index (χ1) is 21.4. The largest absolute Gasteiger partial charge is 0.456 e. The van der Waals surface area contributed by atoms with E-state index in [0.29, 0.717) is 45.5 Å². The molecule has 0 aliphatic carbocycles. The second-order valence-electron chi connectivity index (χ2n) is 10.3. The number of hydrogen-bond acceptors (Lipinski definition) is 5. The Balaban J connectivity index is 1.19. The number of hydrogen-bond donors (Lipinski definition) is 2. The summed E-state index contributed by atoms with van der Waals surface area (Å²) >= 11 is 0. The third-order valence-corrected chi connectivity index (χ3v) is 7.34. The Bertz CT molecular complexity index is 2010. The highest BCUT2D eigenvalue weighted by molar-refractivity contribution is 6.00. The minimum atomic E-state index is -0.428. The number of aryl methyl sites for hydroxylation is 2. The number of rotatable bonds is 6. The summed E-state index contributed by atoms with van der Waals surface area (Å²) in [5.41, 5.74) is 4.03. The van der Waals surface area contributed by atoms with Crippen LogP contribution in [0.25, 0.3) is 21.5 Å². The average Bonchev–Trinajstić information content (AvgIpc) is 3.04. The molecular formula is C37H26N4O3. The number of ether oxygens (including phenoxy) is 2. The summed E-state index contributed by atoms with van der Waals surface area (Å²) in [6, 6.07) is 37.2. The summed E-state index contributed by atoms with van der Waals surface area (Å²) in [6.07, 6.45) is 0. The van der Waals surface area contributed by atoms with Crippen LogP contribution in [0.15, 0.2) is 109 Å². The lowest BCUT2D eigenvalue weighted by atomic mass is 10.0. The molecule has 0 bridgehead atoms. The van der Waals surface area contributed by atoms with Gasteiger partial charge in [0.1, 0.15) is 23.0 Å². The van der Waals surface area contributed by atoms with Crippen molar-refractivity contribution in [2.45, 2.75) is 13.8 Å². The van der Waals surface area contributed by atoms with Crippen LogP contribution >= 0.6 is 0 Å². The molecule has 6 rings (SSSR count). The van der Waals surface area contributed by atoms with Crippen molar-refractivity contribution in [2.24, 2.45) is 0 Å². The number of nitrogens with one attached hydrogen (secondary N) is 2. The van der Waals surface area contributed by atoms with E-state index in [9.17, 15) is 15.3 Å². The molecule has 0 heterocycles. The molecule has 0 radical (unpaired) electrons. The van der Waals surface area contributed by atoms with Crippen LogP contribution in [0.2, 0.25) is 0 Å². The van der Waals surface area contributed by atoms with Gasteiger partial charge in [0, 0.05) is 45.1 Å². The van der Waals surface area contributed by atoms with Crippen molar-refractivity contribution >= 4 is 39.0 Å². The van der Waals surface area contributed by atoms with Crippen LogP contribution in [-0.4, -0.2) is 6.03 Å². The molecule has 6 aromatic rings. The number of nitrogens with zero attached hydrogens (tertiary/aromatic N) is 2. The zero-order valence-electron chi connectivity index (χ0n) is 24.0. The smallest absolute Gasteiger partial charge is 0.323 e. The van der Waals surface area contributed by atoms with E-state index in [-0.39, 0.29) is 0 Å². The fourth-order valence-electron chi connectivity index (χ4n) is 5.02. The van der Waals surface area contributed by atoms with Gasteiger partial charge in [-0.15, -0.1) is 0 Å². The molecule has 7 nitrogen and oxygen atoms in total. The highest BCUT2D eigenvalue weighted by atomic mass is 16.5. The van der Waals surface area contributed by atoms with Gasteiger partial charge < -0.3 is 20.1 Å². The fourth-order valence-corrected chi connectivity index (χ4v) is 5.02. The molecule has 7 heteroatoms. The summed E-state index contributed by atoms with van der Waals surface area (Å²) in [7, 11) is 0. The van der Waals surface area contributed by atoms with E-state index >= 15 is 0 Å². The zero-order valence-corrected chi connectivity index (χ0v) is 24.0. The van der Waals surface area contributed by atoms with Gasteiger partial charge in [-0.2, -0.15) is 10.5 Å². The van der Waals surface area contributed by atoms with Crippen molar-refractivity contribution in [1.82, 2.24) is 0 Å². The maximum Gasteiger partial charge on any atom is 0.323 e. The molecular weight excluding hydrogens is 548 g/mol. The molecule has 0 saturated heterocycles. The molecule has 212 valence electrons. The van der Waals surface area contributed by atoms with Gasteiger partial charge in [0.05, 0.1) is 23.3 Å². The number of urea groups is 1. The van der Waals surface area contributed by atoms with Crippen molar-refractivity contribution in [3.63, 3.8) is 0 Å². The van der Waals surface area contributed by atoms with E-state index in [1.807, 2.05) is 74.5 Å². The van der Waals surface area contributed by atoms with E-state index in [1.165, 1.54) is 0 Å². The maximum atomic E-state index is 13.0. The van der Waals surface area contributed by atoms with Crippen molar-refractivity contribution in [2.75, 3.05) is 10.6 Å². The minimum Gasteiger partial charge on any atom is -0.456 e. The monoisotopic (exact) mass is 574 g/mol. The Kier molecular flexibility index (Phi) is 7.52. The summed E-state index contributed by atoms with van der Waals surface area (Å²) in [5.74, 6) is 2.40. The van der Waals surface area contributed by atoms with Crippen LogP contribution in [0.4, 0.5) is 16.2 Å². The highest BCUT2D eigenvalue weighted by Crippen LogP contribution is 2.36. The Labute approximate surface area is 254 Å². The normalized spacial score (nSPS) is 10.5. The zero-order chi connectivity index (χ0) is 30.6. The molecule has 0 aromatic heterocycles. The van der Waals surface area contributed by atoms with Gasteiger partial charge in [0.15, 0.2) is 0 Å². The first-order valence-corrected chi connectivity index (χ1v) is 13.9. The molecule has 0 fully saturated rings. The van der Waals surface area contributed by atoms with Crippen molar-refractivity contribution < 1.29 is 14.3 Å². The Morgan fingerprint density at radius 1 is 0.545 bits per heavy atom. The minimum absolute atomic E-state index is 0.428. The molecule has 2 amide bonds. The van der Waals surface area contributed by atoms with Gasteiger partial charge in [-0.3, -0.25) is 0 Å². The Morgan fingerprint density at radius 3 is 1.36 bits per heavy atom. The number of carbonyl (C=O) groups is 1. The van der Waals surface area contributed by atoms with Crippen molar-refractivity contribution in [3.05, 3.63) is 131 Å².